The van der Waals surface area contributed by atoms with Gasteiger partial charge in [-0.2, -0.15) is 0 Å². The van der Waals surface area contributed by atoms with Gasteiger partial charge in [-0.05, 0) is 18.0 Å². The van der Waals surface area contributed by atoms with Crippen LogP contribution in [0.1, 0.15) is 0 Å². The molecule has 1 heterocycles. The van der Waals surface area contributed by atoms with Crippen LogP contribution in [-0.2, 0) is 4.79 Å². The molecule has 1 rings (SSSR count). The molecule has 0 saturated carbocycles. The summed E-state index contributed by atoms with van der Waals surface area (Å²) in [5, 5.41) is 8.62. The van der Waals surface area contributed by atoms with Gasteiger partial charge in [-0.3, -0.25) is 0 Å². The molecule has 0 unspecified atom stereocenters. The number of hydrogen-bond donors (Lipinski definition) is 2. The molecule has 0 spiro atoms. The van der Waals surface area contributed by atoms with E-state index in [0.29, 0.717) is 4.36 Å². The van der Waals surface area contributed by atoms with E-state index in [4.69, 9.17) is 28.3 Å². The Bertz CT molecular complexity index is 261. The molecule has 0 bridgehead atoms. The summed E-state index contributed by atoms with van der Waals surface area (Å²) in [7, 11) is 0. The molecule has 6 heteroatoms. The van der Waals surface area contributed by atoms with Gasteiger partial charge in [0.25, 0.3) is 0 Å². The molecule has 0 radical (unpaired) electrons. The van der Waals surface area contributed by atoms with Crippen LogP contribution in [0.5, 0.6) is 0 Å². The van der Waals surface area contributed by atoms with Crippen molar-refractivity contribution in [1.29, 1.82) is 0 Å². The monoisotopic (exact) mass is 211 g/mol. The van der Waals surface area contributed by atoms with Crippen molar-refractivity contribution in [3.8, 4) is 0 Å². The van der Waals surface area contributed by atoms with Crippen LogP contribution in [0.2, 0.25) is 0 Å². The van der Waals surface area contributed by atoms with Crippen molar-refractivity contribution >= 4 is 41.1 Å². The molecule has 0 aliphatic carbocycles. The average Bonchev–Trinajstić information content (AvgIpc) is 1.94. The molecule has 1 aliphatic rings. The Kier molecular flexibility index (Phi) is 2.70. The zero-order valence-corrected chi connectivity index (χ0v) is 7.43. The highest BCUT2D eigenvalue weighted by Gasteiger charge is 2.16. The number of carbonyl (C=O) groups is 1. The first-order valence-corrected chi connectivity index (χ1v) is 4.11. The van der Waals surface area contributed by atoms with Gasteiger partial charge in [-0.15, -0.1) is 0 Å². The van der Waals surface area contributed by atoms with Crippen LogP contribution >= 0.6 is 35.1 Å². The molecule has 1 aliphatic heterocycles. The summed E-state index contributed by atoms with van der Waals surface area (Å²) < 4.78 is 2.90. The van der Waals surface area contributed by atoms with Crippen molar-refractivity contribution in [2.75, 3.05) is 0 Å². The summed E-state index contributed by atoms with van der Waals surface area (Å²) in [6.07, 6.45) is 1.30. The van der Waals surface area contributed by atoms with Gasteiger partial charge >= 0.3 is 5.97 Å². The molecule has 0 fully saturated rings. The number of hydrogen-bond acceptors (Lipinski definition) is 3. The smallest absolute Gasteiger partial charge is 0.338 e. The summed E-state index contributed by atoms with van der Waals surface area (Å²) >= 11 is 12.1. The first kappa shape index (κ1) is 8.77. The fourth-order valence-electron chi connectivity index (χ4n) is 0.510. The topological polar surface area (TPSA) is 49.3 Å². The summed E-state index contributed by atoms with van der Waals surface area (Å²) in [6, 6.07) is 0. The Balaban J connectivity index is 2.98. The molecule has 0 saturated heterocycles. The molecule has 0 aromatic rings. The van der Waals surface area contributed by atoms with Gasteiger partial charge in [0.2, 0.25) is 0 Å². The highest BCUT2D eigenvalue weighted by molar-refractivity contribution is 8.03. The first-order valence-electron chi connectivity index (χ1n) is 2.54. The standard InChI is InChI=1S/C5H3Cl2NO2S/c6-3-1-2(5(9)10)4(7)8-11-3/h1,8H,(H,9,10). The predicted octanol–water partition coefficient (Wildman–Crippen LogP) is 1.85. The van der Waals surface area contributed by atoms with E-state index >= 15 is 0 Å². The van der Waals surface area contributed by atoms with Gasteiger partial charge < -0.3 is 9.83 Å². The quantitative estimate of drug-likeness (QED) is 0.514. The van der Waals surface area contributed by atoms with Crippen molar-refractivity contribution in [2.45, 2.75) is 0 Å². The van der Waals surface area contributed by atoms with Crippen molar-refractivity contribution in [3.63, 3.8) is 0 Å². The minimum atomic E-state index is -1.10. The van der Waals surface area contributed by atoms with Crippen molar-refractivity contribution in [1.82, 2.24) is 4.72 Å². The van der Waals surface area contributed by atoms with Crippen LogP contribution in [0.4, 0.5) is 0 Å². The molecular weight excluding hydrogens is 209 g/mol. The van der Waals surface area contributed by atoms with E-state index in [0.717, 1.165) is 11.9 Å². The highest BCUT2D eigenvalue weighted by Crippen LogP contribution is 2.27. The third-order valence-corrected chi connectivity index (χ3v) is 2.33. The number of carboxylic acid groups (broad SMARTS) is 1. The molecule has 3 nitrogen and oxygen atoms in total. The summed E-state index contributed by atoms with van der Waals surface area (Å²) in [6.45, 7) is 0. The summed E-state index contributed by atoms with van der Waals surface area (Å²) in [5.41, 5.74) is -0.0181. The molecule has 11 heavy (non-hydrogen) atoms. The fourth-order valence-corrected chi connectivity index (χ4v) is 1.46. The average molecular weight is 212 g/mol. The third-order valence-electron chi connectivity index (χ3n) is 0.963. The van der Waals surface area contributed by atoms with Gasteiger partial charge in [-0.1, -0.05) is 23.2 Å². The van der Waals surface area contributed by atoms with E-state index in [1.54, 1.807) is 0 Å². The molecule has 0 aromatic carbocycles. The number of halogens is 2. The second-order valence-corrected chi connectivity index (χ2v) is 3.54. The maximum Gasteiger partial charge on any atom is 0.338 e. The van der Waals surface area contributed by atoms with Crippen LogP contribution in [0.3, 0.4) is 0 Å². The zero-order chi connectivity index (χ0) is 8.43. The van der Waals surface area contributed by atoms with E-state index in [1.807, 2.05) is 0 Å². The molecule has 60 valence electrons. The minimum Gasteiger partial charge on any atom is -0.478 e. The molecule has 0 amide bonds. The number of carboxylic acids is 1. The predicted molar refractivity (Wildman–Crippen MR) is 45.2 cm³/mol. The largest absolute Gasteiger partial charge is 0.478 e. The van der Waals surface area contributed by atoms with E-state index in [9.17, 15) is 4.79 Å². The SMILES string of the molecule is O=C(O)C1=C(Cl)NSC(Cl)=C1. The Morgan fingerprint density at radius 3 is 2.73 bits per heavy atom. The maximum atomic E-state index is 10.4. The number of aliphatic carboxylic acids is 1. The Hall–Kier alpha value is -0.320. The van der Waals surface area contributed by atoms with E-state index in [1.165, 1.54) is 6.08 Å². The molecular formula is C5H3Cl2NO2S. The fraction of sp³-hybridized carbons (Fsp3) is 0. The molecule has 2 N–H and O–H groups in total. The second-order valence-electron chi connectivity index (χ2n) is 1.69. The van der Waals surface area contributed by atoms with E-state index < -0.39 is 5.97 Å². The van der Waals surface area contributed by atoms with Crippen molar-refractivity contribution in [2.24, 2.45) is 0 Å². The van der Waals surface area contributed by atoms with Gasteiger partial charge in [-0.25, -0.2) is 4.79 Å². The van der Waals surface area contributed by atoms with Gasteiger partial charge in [0, 0.05) is 0 Å². The van der Waals surface area contributed by atoms with E-state index in [2.05, 4.69) is 4.72 Å². The van der Waals surface area contributed by atoms with Crippen LogP contribution in [0.15, 0.2) is 21.2 Å². The van der Waals surface area contributed by atoms with Crippen LogP contribution in [0.25, 0.3) is 0 Å². The zero-order valence-electron chi connectivity index (χ0n) is 5.10. The van der Waals surface area contributed by atoms with Gasteiger partial charge in [0.1, 0.15) is 5.16 Å². The molecule has 0 atom stereocenters. The Morgan fingerprint density at radius 2 is 2.27 bits per heavy atom. The lowest BCUT2D eigenvalue weighted by Crippen LogP contribution is -2.11. The lowest BCUT2D eigenvalue weighted by Gasteiger charge is -2.10. The third kappa shape index (κ3) is 2.05. The van der Waals surface area contributed by atoms with Crippen molar-refractivity contribution in [3.05, 3.63) is 21.2 Å². The van der Waals surface area contributed by atoms with Gasteiger partial charge in [0.05, 0.1) is 9.94 Å². The second kappa shape index (κ2) is 3.38. The summed E-state index contributed by atoms with van der Waals surface area (Å²) in [5.74, 6) is -1.10. The normalized spacial score (nSPS) is 17.5. The van der Waals surface area contributed by atoms with Crippen molar-refractivity contribution < 1.29 is 9.90 Å². The van der Waals surface area contributed by atoms with Gasteiger partial charge in [0.15, 0.2) is 0 Å². The minimum absolute atomic E-state index is 0.0181. The van der Waals surface area contributed by atoms with E-state index in [-0.39, 0.29) is 10.7 Å². The Morgan fingerprint density at radius 1 is 1.64 bits per heavy atom. The van der Waals surface area contributed by atoms with Crippen LogP contribution in [0, 0.1) is 0 Å². The Labute approximate surface area is 77.2 Å². The maximum absolute atomic E-state index is 10.4. The number of rotatable bonds is 1. The number of nitrogens with one attached hydrogen (secondary N) is 1. The highest BCUT2D eigenvalue weighted by atomic mass is 35.5. The molecule has 0 aromatic heterocycles. The lowest BCUT2D eigenvalue weighted by molar-refractivity contribution is -0.132. The van der Waals surface area contributed by atoms with Crippen LogP contribution in [-0.4, -0.2) is 11.1 Å². The first-order chi connectivity index (χ1) is 5.11. The summed E-state index contributed by atoms with van der Waals surface area (Å²) in [4.78, 5) is 10.4. The lowest BCUT2D eigenvalue weighted by atomic mass is 10.3. The van der Waals surface area contributed by atoms with Crippen LogP contribution < -0.4 is 4.72 Å².